The molecule has 4 nitrogen and oxygen atoms in total. The van der Waals surface area contributed by atoms with Gasteiger partial charge in [-0.3, -0.25) is 0 Å². The van der Waals surface area contributed by atoms with Gasteiger partial charge in [-0.15, -0.1) is 0 Å². The average molecular weight is 224 g/mol. The molecule has 0 fully saturated rings. The Morgan fingerprint density at radius 3 is 3.00 bits per heavy atom. The monoisotopic (exact) mass is 224 g/mol. The predicted molar refractivity (Wildman–Crippen MR) is 62.4 cm³/mol. The van der Waals surface area contributed by atoms with E-state index < -0.39 is 0 Å². The van der Waals surface area contributed by atoms with Crippen LogP contribution in [-0.2, 0) is 0 Å². The molecule has 0 aliphatic carbocycles. The number of fused-ring (bicyclic) bond motifs is 2. The highest BCUT2D eigenvalue weighted by Crippen LogP contribution is 2.34. The molecule has 0 unspecified atom stereocenters. The third-order valence-corrected chi connectivity index (χ3v) is 2.46. The summed E-state index contributed by atoms with van der Waals surface area (Å²) in [5, 5.41) is 0.344. The van der Waals surface area contributed by atoms with Crippen LogP contribution in [0.4, 0.5) is 5.69 Å². The molecule has 0 radical (unpaired) electrons. The van der Waals surface area contributed by atoms with Crippen molar-refractivity contribution in [1.82, 2.24) is 0 Å². The Kier molecular flexibility index (Phi) is 2.64. The van der Waals surface area contributed by atoms with E-state index in [4.69, 9.17) is 27.4 Å². The van der Waals surface area contributed by atoms with Gasteiger partial charge in [-0.1, -0.05) is 0 Å². The highest BCUT2D eigenvalue weighted by Gasteiger charge is 2.17. The molecule has 2 N–H and O–H groups in total. The van der Waals surface area contributed by atoms with Crippen molar-refractivity contribution in [3.8, 4) is 11.5 Å². The zero-order valence-electron chi connectivity index (χ0n) is 8.40. The molecule has 15 heavy (non-hydrogen) atoms. The van der Waals surface area contributed by atoms with Crippen LogP contribution in [0.2, 0.25) is 0 Å². The SMILES string of the molecule is CCN(C(N)=S)c1ccc2cc1OCO2. The lowest BCUT2D eigenvalue weighted by molar-refractivity contribution is 0.106. The van der Waals surface area contributed by atoms with Gasteiger partial charge >= 0.3 is 0 Å². The summed E-state index contributed by atoms with van der Waals surface area (Å²) in [7, 11) is 0. The maximum atomic E-state index is 5.63. The van der Waals surface area contributed by atoms with Crippen molar-refractivity contribution in [1.29, 1.82) is 0 Å². The van der Waals surface area contributed by atoms with Crippen molar-refractivity contribution in [2.24, 2.45) is 5.73 Å². The summed E-state index contributed by atoms with van der Waals surface area (Å²) >= 11 is 4.97. The Bertz CT molecular complexity index is 395. The van der Waals surface area contributed by atoms with Gasteiger partial charge < -0.3 is 20.1 Å². The Labute approximate surface area is 93.6 Å². The van der Waals surface area contributed by atoms with E-state index >= 15 is 0 Å². The number of benzene rings is 1. The molecule has 0 spiro atoms. The Balaban J connectivity index is 2.40. The smallest absolute Gasteiger partial charge is 0.231 e. The summed E-state index contributed by atoms with van der Waals surface area (Å²) in [4.78, 5) is 1.82. The van der Waals surface area contributed by atoms with Gasteiger partial charge in [0, 0.05) is 12.6 Å². The number of hydrogen-bond acceptors (Lipinski definition) is 3. The summed E-state index contributed by atoms with van der Waals surface area (Å²) in [6.45, 7) is 2.94. The number of thiocarbonyl (C=S) groups is 1. The van der Waals surface area contributed by atoms with Crippen molar-refractivity contribution in [3.05, 3.63) is 18.2 Å². The third-order valence-electron chi connectivity index (χ3n) is 2.24. The largest absolute Gasteiger partial charge is 0.457 e. The standard InChI is InChI=1S/C10H12N2O2S/c1-2-12(10(11)15)8-4-3-7-5-9(8)14-6-13-7/h3-5H,2,6H2,1H3,(H2,11,15). The van der Waals surface area contributed by atoms with Crippen molar-refractivity contribution in [2.45, 2.75) is 6.92 Å². The van der Waals surface area contributed by atoms with Crippen LogP contribution in [0.5, 0.6) is 11.5 Å². The van der Waals surface area contributed by atoms with Crippen LogP contribution in [0, 0.1) is 0 Å². The Hall–Kier alpha value is -1.49. The van der Waals surface area contributed by atoms with E-state index in [2.05, 4.69) is 0 Å². The second-order valence-corrected chi connectivity index (χ2v) is 3.54. The molecule has 0 atom stereocenters. The van der Waals surface area contributed by atoms with Crippen LogP contribution in [0.1, 0.15) is 6.92 Å². The van der Waals surface area contributed by atoms with Gasteiger partial charge in [0.2, 0.25) is 6.79 Å². The van der Waals surface area contributed by atoms with Crippen LogP contribution in [-0.4, -0.2) is 18.5 Å². The summed E-state index contributed by atoms with van der Waals surface area (Å²) < 4.78 is 10.6. The van der Waals surface area contributed by atoms with E-state index in [-0.39, 0.29) is 6.79 Å². The fourth-order valence-electron chi connectivity index (χ4n) is 1.53. The molecule has 0 saturated heterocycles. The van der Waals surface area contributed by atoms with Gasteiger partial charge in [-0.05, 0) is 31.3 Å². The van der Waals surface area contributed by atoms with E-state index in [1.54, 1.807) is 0 Å². The van der Waals surface area contributed by atoms with Crippen LogP contribution in [0.15, 0.2) is 18.2 Å². The molecule has 80 valence electrons. The van der Waals surface area contributed by atoms with Crippen molar-refractivity contribution >= 4 is 23.0 Å². The molecule has 2 rings (SSSR count). The van der Waals surface area contributed by atoms with Gasteiger partial charge in [0.25, 0.3) is 0 Å². The summed E-state index contributed by atoms with van der Waals surface area (Å²) in [5.74, 6) is 1.56. The van der Waals surface area contributed by atoms with Crippen LogP contribution in [0.3, 0.4) is 0 Å². The lowest BCUT2D eigenvalue weighted by Crippen LogP contribution is -2.35. The van der Waals surface area contributed by atoms with E-state index in [9.17, 15) is 0 Å². The average Bonchev–Trinajstić information content (AvgIpc) is 2.22. The summed E-state index contributed by atoms with van der Waals surface area (Å²) in [6.07, 6.45) is 0. The quantitative estimate of drug-likeness (QED) is 0.771. The zero-order chi connectivity index (χ0) is 10.8. The number of hydrogen-bond donors (Lipinski definition) is 1. The molecule has 0 amide bonds. The predicted octanol–water partition coefficient (Wildman–Crippen LogP) is 1.49. The van der Waals surface area contributed by atoms with Crippen molar-refractivity contribution < 1.29 is 9.47 Å². The van der Waals surface area contributed by atoms with Gasteiger partial charge in [0.1, 0.15) is 5.75 Å². The molecular weight excluding hydrogens is 212 g/mol. The van der Waals surface area contributed by atoms with E-state index in [1.165, 1.54) is 0 Å². The maximum Gasteiger partial charge on any atom is 0.231 e. The lowest BCUT2D eigenvalue weighted by Gasteiger charge is -2.26. The van der Waals surface area contributed by atoms with Gasteiger partial charge in [-0.25, -0.2) is 0 Å². The minimum Gasteiger partial charge on any atom is -0.457 e. The Morgan fingerprint density at radius 2 is 2.33 bits per heavy atom. The first-order valence-corrected chi connectivity index (χ1v) is 5.10. The van der Waals surface area contributed by atoms with Gasteiger partial charge in [-0.2, -0.15) is 0 Å². The number of nitrogens with two attached hydrogens (primary N) is 1. The number of nitrogens with zero attached hydrogens (tertiary/aromatic N) is 1. The van der Waals surface area contributed by atoms with E-state index in [0.29, 0.717) is 11.7 Å². The van der Waals surface area contributed by atoms with E-state index in [0.717, 1.165) is 17.2 Å². The first-order chi connectivity index (χ1) is 7.22. The highest BCUT2D eigenvalue weighted by atomic mass is 32.1. The summed E-state index contributed by atoms with van der Waals surface area (Å²) in [6, 6.07) is 5.61. The van der Waals surface area contributed by atoms with Gasteiger partial charge in [0.05, 0.1) is 5.69 Å². The molecule has 0 saturated carbocycles. The fourth-order valence-corrected chi connectivity index (χ4v) is 1.76. The Morgan fingerprint density at radius 1 is 1.53 bits per heavy atom. The number of anilines is 1. The first-order valence-electron chi connectivity index (χ1n) is 4.69. The van der Waals surface area contributed by atoms with Crippen LogP contribution < -0.4 is 20.1 Å². The molecule has 1 aromatic rings. The normalized spacial score (nSPS) is 12.6. The molecule has 0 aromatic heterocycles. The van der Waals surface area contributed by atoms with Crippen LogP contribution >= 0.6 is 12.2 Å². The minimum atomic E-state index is 0.240. The van der Waals surface area contributed by atoms with Gasteiger partial charge in [0.15, 0.2) is 10.9 Å². The minimum absolute atomic E-state index is 0.240. The van der Waals surface area contributed by atoms with E-state index in [1.807, 2.05) is 30.0 Å². The molecule has 5 heteroatoms. The topological polar surface area (TPSA) is 47.7 Å². The molecule has 1 aliphatic rings. The highest BCUT2D eigenvalue weighted by molar-refractivity contribution is 7.80. The second-order valence-electron chi connectivity index (χ2n) is 3.12. The van der Waals surface area contributed by atoms with Crippen molar-refractivity contribution in [2.75, 3.05) is 18.2 Å². The zero-order valence-corrected chi connectivity index (χ0v) is 9.21. The number of rotatable bonds is 2. The lowest BCUT2D eigenvalue weighted by atomic mass is 10.2. The van der Waals surface area contributed by atoms with Crippen LogP contribution in [0.25, 0.3) is 0 Å². The molecule has 1 aliphatic heterocycles. The summed E-state index contributed by atoms with van der Waals surface area (Å²) in [5.41, 5.74) is 6.52. The van der Waals surface area contributed by atoms with Crippen molar-refractivity contribution in [3.63, 3.8) is 0 Å². The number of ether oxygens (including phenoxy) is 2. The molecular formula is C10H12N2O2S. The molecule has 2 bridgehead atoms. The first kappa shape index (κ1) is 10.0. The fraction of sp³-hybridized carbons (Fsp3) is 0.300. The maximum absolute atomic E-state index is 5.63. The second kappa shape index (κ2) is 3.94. The third kappa shape index (κ3) is 1.83. The molecule has 1 heterocycles. The molecule has 1 aromatic carbocycles.